The van der Waals surface area contributed by atoms with Crippen molar-refractivity contribution in [1.29, 1.82) is 0 Å². The van der Waals surface area contributed by atoms with Crippen molar-refractivity contribution in [3.8, 4) is 0 Å². The van der Waals surface area contributed by atoms with Crippen LogP contribution < -0.4 is 5.32 Å². The van der Waals surface area contributed by atoms with E-state index in [0.29, 0.717) is 0 Å². The molecule has 3 unspecified atom stereocenters. The monoisotopic (exact) mass is 501 g/mol. The number of benzene rings is 2. The lowest BCUT2D eigenvalue weighted by Gasteiger charge is -2.33. The first-order valence-electron chi connectivity index (χ1n) is 13.5. The van der Waals surface area contributed by atoms with Gasteiger partial charge in [0.15, 0.2) is 6.10 Å². The highest BCUT2D eigenvalue weighted by molar-refractivity contribution is 5.78. The average Bonchev–Trinajstić information content (AvgIpc) is 3.61. The highest BCUT2D eigenvalue weighted by Gasteiger charge is 2.44. The molecule has 0 spiro atoms. The summed E-state index contributed by atoms with van der Waals surface area (Å²) in [4.78, 5) is 33.5. The molecular weight excluding hydrogens is 462 g/mol. The summed E-state index contributed by atoms with van der Waals surface area (Å²) in [7, 11) is 0. The summed E-state index contributed by atoms with van der Waals surface area (Å²) in [5.41, 5.74) is 1.44. The summed E-state index contributed by atoms with van der Waals surface area (Å²) in [5.74, 6) is 0.981. The first-order chi connectivity index (χ1) is 17.9. The maximum absolute atomic E-state index is 14.0. The van der Waals surface area contributed by atoms with E-state index in [-0.39, 0.29) is 29.8 Å². The number of carbonyl (C=O) groups excluding carboxylic acids is 2. The molecular formula is C31H39N3O3. The first-order valence-corrected chi connectivity index (χ1v) is 13.5. The van der Waals surface area contributed by atoms with E-state index in [4.69, 9.17) is 4.74 Å². The van der Waals surface area contributed by atoms with Crippen LogP contribution in [-0.2, 0) is 14.3 Å². The van der Waals surface area contributed by atoms with Gasteiger partial charge in [0.25, 0.3) is 0 Å². The maximum atomic E-state index is 14.0. The lowest BCUT2D eigenvalue weighted by molar-refractivity contribution is -0.160. The predicted molar refractivity (Wildman–Crippen MR) is 145 cm³/mol. The second-order valence-corrected chi connectivity index (χ2v) is 10.6. The van der Waals surface area contributed by atoms with Gasteiger partial charge in [-0.15, -0.1) is 0 Å². The van der Waals surface area contributed by atoms with Crippen LogP contribution in [0.5, 0.6) is 0 Å². The van der Waals surface area contributed by atoms with Gasteiger partial charge in [0.2, 0.25) is 5.91 Å². The van der Waals surface area contributed by atoms with Crippen molar-refractivity contribution in [2.45, 2.75) is 77.4 Å². The number of hydrogen-bond donors (Lipinski definition) is 2. The van der Waals surface area contributed by atoms with Crippen molar-refractivity contribution in [2.24, 2.45) is 11.3 Å². The van der Waals surface area contributed by atoms with Crippen LogP contribution in [0.15, 0.2) is 73.1 Å². The van der Waals surface area contributed by atoms with Crippen molar-refractivity contribution in [1.82, 2.24) is 15.3 Å². The van der Waals surface area contributed by atoms with Crippen molar-refractivity contribution >= 4 is 11.9 Å². The molecule has 3 atom stereocenters. The van der Waals surface area contributed by atoms with Crippen molar-refractivity contribution in [3.05, 3.63) is 90.0 Å². The third-order valence-electron chi connectivity index (χ3n) is 8.08. The number of hydrogen-bond acceptors (Lipinski definition) is 4. The summed E-state index contributed by atoms with van der Waals surface area (Å²) < 4.78 is 6.37. The van der Waals surface area contributed by atoms with E-state index in [2.05, 4.69) is 22.2 Å². The van der Waals surface area contributed by atoms with Gasteiger partial charge >= 0.3 is 5.97 Å². The third kappa shape index (κ3) is 6.48. The molecule has 0 saturated heterocycles. The van der Waals surface area contributed by atoms with Crippen LogP contribution in [0.4, 0.5) is 0 Å². The Hall–Kier alpha value is -3.41. The number of ether oxygens (including phenoxy) is 1. The zero-order valence-corrected chi connectivity index (χ0v) is 22.2. The van der Waals surface area contributed by atoms with E-state index in [0.717, 1.165) is 55.5 Å². The van der Waals surface area contributed by atoms with E-state index >= 15 is 0 Å². The molecule has 0 aliphatic heterocycles. The van der Waals surface area contributed by atoms with Crippen molar-refractivity contribution in [2.75, 3.05) is 0 Å². The molecule has 0 bridgehead atoms. The van der Waals surface area contributed by atoms with Crippen LogP contribution in [0.3, 0.4) is 0 Å². The normalized spacial score (nSPS) is 17.2. The van der Waals surface area contributed by atoms with E-state index < -0.39 is 11.5 Å². The van der Waals surface area contributed by atoms with Gasteiger partial charge in [0.05, 0.1) is 5.41 Å². The Bertz CT molecular complexity index is 1090. The number of esters is 1. The first kappa shape index (κ1) is 26.6. The van der Waals surface area contributed by atoms with Gasteiger partial charge < -0.3 is 15.0 Å². The van der Waals surface area contributed by atoms with Gasteiger partial charge in [-0.3, -0.25) is 9.59 Å². The Kier molecular flexibility index (Phi) is 8.80. The standard InChI is InChI=1S/C31H39N3O3/c1-22(23(2)34-24(3)35)27(29-32-20-21-33-29)16-19-31(17-10-11-18-31)30(36)37-28(25-12-6-4-7-13-25)26-14-8-5-9-15-26/h4-9,12-15,20-23,27-28H,10-11,16-19H2,1-3H3,(H,32,33)(H,34,35). The minimum absolute atomic E-state index is 0.0142. The second-order valence-electron chi connectivity index (χ2n) is 10.6. The summed E-state index contributed by atoms with van der Waals surface area (Å²) in [6.45, 7) is 5.73. The highest BCUT2D eigenvalue weighted by Crippen LogP contribution is 2.47. The zero-order chi connectivity index (χ0) is 26.3. The maximum Gasteiger partial charge on any atom is 0.313 e. The average molecular weight is 502 g/mol. The number of nitrogens with one attached hydrogen (secondary N) is 2. The van der Waals surface area contributed by atoms with Crippen LogP contribution in [0.2, 0.25) is 0 Å². The Morgan fingerprint density at radius 1 is 1.00 bits per heavy atom. The summed E-state index contributed by atoms with van der Waals surface area (Å²) in [5, 5.41) is 3.04. The number of rotatable bonds is 11. The largest absolute Gasteiger partial charge is 0.452 e. The van der Waals surface area contributed by atoms with E-state index in [1.54, 1.807) is 13.1 Å². The Labute approximate surface area is 220 Å². The Balaban J connectivity index is 1.55. The lowest BCUT2D eigenvalue weighted by atomic mass is 9.75. The van der Waals surface area contributed by atoms with E-state index in [9.17, 15) is 9.59 Å². The van der Waals surface area contributed by atoms with Gasteiger partial charge in [-0.25, -0.2) is 4.98 Å². The number of H-pyrrole nitrogens is 1. The Morgan fingerprint density at radius 2 is 1.59 bits per heavy atom. The fourth-order valence-electron chi connectivity index (χ4n) is 5.79. The molecule has 6 heteroatoms. The molecule has 1 saturated carbocycles. The molecule has 1 amide bonds. The summed E-state index contributed by atoms with van der Waals surface area (Å²) in [6.07, 6.45) is 8.40. The predicted octanol–water partition coefficient (Wildman–Crippen LogP) is 6.33. The molecule has 6 nitrogen and oxygen atoms in total. The van der Waals surface area contributed by atoms with Gasteiger partial charge in [-0.2, -0.15) is 0 Å². The van der Waals surface area contributed by atoms with Crippen LogP contribution >= 0.6 is 0 Å². The molecule has 37 heavy (non-hydrogen) atoms. The zero-order valence-electron chi connectivity index (χ0n) is 22.2. The number of aromatic nitrogens is 2. The molecule has 1 aromatic heterocycles. The second kappa shape index (κ2) is 12.2. The minimum Gasteiger partial charge on any atom is -0.452 e. The fraction of sp³-hybridized carbons (Fsp3) is 0.452. The minimum atomic E-state index is -0.510. The highest BCUT2D eigenvalue weighted by atomic mass is 16.5. The molecule has 1 aliphatic carbocycles. The molecule has 2 aromatic carbocycles. The Morgan fingerprint density at radius 3 is 2.11 bits per heavy atom. The fourth-order valence-corrected chi connectivity index (χ4v) is 5.79. The smallest absolute Gasteiger partial charge is 0.313 e. The molecule has 3 aromatic rings. The van der Waals surface area contributed by atoms with Crippen LogP contribution in [0.25, 0.3) is 0 Å². The molecule has 0 radical (unpaired) electrons. The topological polar surface area (TPSA) is 84.1 Å². The molecule has 1 heterocycles. The van der Waals surface area contributed by atoms with Gasteiger partial charge in [0.1, 0.15) is 5.82 Å². The van der Waals surface area contributed by atoms with E-state index in [1.807, 2.05) is 73.8 Å². The number of aromatic amines is 1. The lowest BCUT2D eigenvalue weighted by Crippen LogP contribution is -2.39. The van der Waals surface area contributed by atoms with Crippen LogP contribution in [-0.4, -0.2) is 27.9 Å². The third-order valence-corrected chi connectivity index (χ3v) is 8.08. The van der Waals surface area contributed by atoms with Crippen molar-refractivity contribution in [3.63, 3.8) is 0 Å². The molecule has 4 rings (SSSR count). The van der Waals surface area contributed by atoms with Crippen LogP contribution in [0.1, 0.15) is 88.3 Å². The molecule has 2 N–H and O–H groups in total. The summed E-state index contributed by atoms with van der Waals surface area (Å²) >= 11 is 0. The van der Waals surface area contributed by atoms with Crippen molar-refractivity contribution < 1.29 is 14.3 Å². The molecule has 1 fully saturated rings. The number of imidazole rings is 1. The number of carbonyl (C=O) groups is 2. The molecule has 196 valence electrons. The number of nitrogens with zero attached hydrogens (tertiary/aromatic N) is 1. The van der Waals surface area contributed by atoms with Gasteiger partial charge in [-0.05, 0) is 49.7 Å². The number of amides is 1. The SMILES string of the molecule is CC(=O)NC(C)C(C)C(CCC1(C(=O)OC(c2ccccc2)c2ccccc2)CCCC1)c1ncc[nH]1. The van der Waals surface area contributed by atoms with Gasteiger partial charge in [0, 0.05) is 31.3 Å². The van der Waals surface area contributed by atoms with E-state index in [1.165, 1.54) is 0 Å². The van der Waals surface area contributed by atoms with Gasteiger partial charge in [-0.1, -0.05) is 80.4 Å². The quantitative estimate of drug-likeness (QED) is 0.301. The summed E-state index contributed by atoms with van der Waals surface area (Å²) in [6, 6.07) is 19.9. The van der Waals surface area contributed by atoms with Crippen LogP contribution in [0, 0.1) is 11.3 Å². The molecule has 1 aliphatic rings.